The summed E-state index contributed by atoms with van der Waals surface area (Å²) in [4.78, 5) is 19.1. The van der Waals surface area contributed by atoms with Gasteiger partial charge >= 0.3 is 0 Å². The third kappa shape index (κ3) is 6.52. The summed E-state index contributed by atoms with van der Waals surface area (Å²) in [5.74, 6) is 0.0313. The Balaban J connectivity index is 1.86. The van der Waals surface area contributed by atoms with Gasteiger partial charge in [0.15, 0.2) is 0 Å². The summed E-state index contributed by atoms with van der Waals surface area (Å²) in [5, 5.41) is 0. The Kier molecular flexibility index (Phi) is 8.56. The van der Waals surface area contributed by atoms with Crippen LogP contribution in [0.2, 0.25) is 0 Å². The normalized spacial score (nSPS) is 11.5. The fourth-order valence-corrected chi connectivity index (χ4v) is 4.34. The van der Waals surface area contributed by atoms with Gasteiger partial charge in [0, 0.05) is 31.6 Å². The molecule has 0 aliphatic carbocycles. The molecule has 2 aromatic carbocycles. The summed E-state index contributed by atoms with van der Waals surface area (Å²) in [5.41, 5.74) is 3.74. The van der Waals surface area contributed by atoms with Crippen molar-refractivity contribution in [2.75, 3.05) is 14.2 Å². The lowest BCUT2D eigenvalue weighted by atomic mass is 10.1. The summed E-state index contributed by atoms with van der Waals surface area (Å²) < 4.78 is 32.1. The number of aromatic nitrogens is 1. The molecule has 1 N–H and O–H groups in total. The third-order valence-electron chi connectivity index (χ3n) is 5.38. The number of hydrogen-bond acceptors (Lipinski definition) is 5. The first-order valence-electron chi connectivity index (χ1n) is 10.9. The van der Waals surface area contributed by atoms with E-state index >= 15 is 0 Å². The quantitative estimate of drug-likeness (QED) is 0.447. The van der Waals surface area contributed by atoms with Crippen LogP contribution in [0, 0.1) is 0 Å². The number of methoxy groups -OCH3 is 1. The van der Waals surface area contributed by atoms with Crippen LogP contribution in [-0.2, 0) is 34.3 Å². The second-order valence-corrected chi connectivity index (χ2v) is 9.53. The minimum Gasteiger partial charge on any atom is -0.495 e. The number of nitrogens with zero attached hydrogens (tertiary/aromatic N) is 2. The van der Waals surface area contributed by atoms with Crippen molar-refractivity contribution in [2.24, 2.45) is 0 Å². The largest absolute Gasteiger partial charge is 0.495 e. The Labute approximate surface area is 201 Å². The predicted octanol–water partition coefficient (Wildman–Crippen LogP) is 3.80. The number of carbonyl (C=O) groups excluding carboxylic acids is 1. The van der Waals surface area contributed by atoms with Gasteiger partial charge in [-0.15, -0.1) is 0 Å². The van der Waals surface area contributed by atoms with Gasteiger partial charge in [-0.2, -0.15) is 0 Å². The summed E-state index contributed by atoms with van der Waals surface area (Å²) in [6, 6.07) is 16.7. The lowest BCUT2D eigenvalue weighted by Crippen LogP contribution is -2.28. The van der Waals surface area contributed by atoms with Gasteiger partial charge in [-0.25, -0.2) is 13.1 Å². The van der Waals surface area contributed by atoms with Crippen LogP contribution in [0.1, 0.15) is 29.2 Å². The van der Waals surface area contributed by atoms with Gasteiger partial charge in [-0.3, -0.25) is 9.78 Å². The number of amides is 1. The molecule has 178 valence electrons. The first kappa shape index (κ1) is 25.1. The summed E-state index contributed by atoms with van der Waals surface area (Å²) in [6.07, 6.45) is 7.44. The van der Waals surface area contributed by atoms with Crippen molar-refractivity contribution in [1.29, 1.82) is 0 Å². The molecule has 0 saturated carbocycles. The van der Waals surface area contributed by atoms with Crippen LogP contribution in [0.4, 0.5) is 0 Å². The van der Waals surface area contributed by atoms with Crippen LogP contribution in [-0.4, -0.2) is 38.4 Å². The average molecular weight is 480 g/mol. The second-order valence-electron chi connectivity index (χ2n) is 7.68. The number of pyridine rings is 1. The number of hydrogen-bond donors (Lipinski definition) is 1. The molecule has 1 amide bonds. The molecule has 7 nitrogen and oxygen atoms in total. The molecule has 3 rings (SSSR count). The van der Waals surface area contributed by atoms with Crippen LogP contribution in [0.3, 0.4) is 0 Å². The second kappa shape index (κ2) is 11.6. The molecule has 34 heavy (non-hydrogen) atoms. The van der Waals surface area contributed by atoms with E-state index in [1.165, 1.54) is 31.9 Å². The molecule has 0 aliphatic rings. The molecular weight excluding hydrogens is 450 g/mol. The highest BCUT2D eigenvalue weighted by molar-refractivity contribution is 7.89. The zero-order valence-electron chi connectivity index (χ0n) is 19.6. The third-order valence-corrected chi connectivity index (χ3v) is 6.81. The molecule has 0 aliphatic heterocycles. The number of nitrogens with one attached hydrogen (secondary N) is 1. The highest BCUT2D eigenvalue weighted by Gasteiger charge is 2.18. The number of carbonyl (C=O) groups is 1. The van der Waals surface area contributed by atoms with E-state index in [1.807, 2.05) is 24.3 Å². The first-order chi connectivity index (χ1) is 16.4. The van der Waals surface area contributed by atoms with Crippen LogP contribution < -0.4 is 9.46 Å². The van der Waals surface area contributed by atoms with E-state index in [4.69, 9.17) is 4.74 Å². The number of ether oxygens (including phenoxy) is 1. The van der Waals surface area contributed by atoms with Crippen molar-refractivity contribution in [3.05, 3.63) is 95.3 Å². The predicted molar refractivity (Wildman–Crippen MR) is 133 cm³/mol. The molecule has 1 aromatic heterocycles. The molecule has 8 heteroatoms. The Morgan fingerprint density at radius 1 is 1.06 bits per heavy atom. The maximum Gasteiger partial charge on any atom is 0.247 e. The molecule has 0 radical (unpaired) electrons. The Bertz CT molecular complexity index is 1240. The molecule has 3 aromatic rings. The summed E-state index contributed by atoms with van der Waals surface area (Å²) in [7, 11) is -0.970. The smallest absolute Gasteiger partial charge is 0.247 e. The Hall–Kier alpha value is -3.49. The van der Waals surface area contributed by atoms with Crippen molar-refractivity contribution in [3.63, 3.8) is 0 Å². The Morgan fingerprint density at radius 2 is 1.76 bits per heavy atom. The maximum atomic E-state index is 13.2. The average Bonchev–Trinajstić information content (AvgIpc) is 2.87. The number of rotatable bonds is 10. The molecule has 0 atom stereocenters. The maximum absolute atomic E-state index is 13.2. The van der Waals surface area contributed by atoms with Crippen molar-refractivity contribution in [2.45, 2.75) is 31.3 Å². The van der Waals surface area contributed by atoms with Gasteiger partial charge in [0.1, 0.15) is 10.6 Å². The fourth-order valence-electron chi connectivity index (χ4n) is 3.41. The van der Waals surface area contributed by atoms with Gasteiger partial charge in [-0.1, -0.05) is 43.3 Å². The standard InChI is InChI=1S/C26H29N3O4S/c1-4-20-7-9-22(10-8-20)18-29(19-23-6-5-15-28-17-23)26(30)14-12-21-11-13-24(33-3)25(16-21)34(31,32)27-2/h5-17,27H,4,18-19H2,1-3H3/b14-12+. The lowest BCUT2D eigenvalue weighted by Gasteiger charge is -2.21. The summed E-state index contributed by atoms with van der Waals surface area (Å²) >= 11 is 0. The van der Waals surface area contributed by atoms with E-state index in [2.05, 4.69) is 28.8 Å². The van der Waals surface area contributed by atoms with Crippen molar-refractivity contribution in [1.82, 2.24) is 14.6 Å². The van der Waals surface area contributed by atoms with E-state index in [0.29, 0.717) is 18.7 Å². The van der Waals surface area contributed by atoms with Crippen LogP contribution in [0.5, 0.6) is 5.75 Å². The molecule has 0 spiro atoms. The van der Waals surface area contributed by atoms with E-state index in [9.17, 15) is 13.2 Å². The highest BCUT2D eigenvalue weighted by atomic mass is 32.2. The number of aryl methyl sites for hydroxylation is 1. The van der Waals surface area contributed by atoms with Gasteiger partial charge in [0.2, 0.25) is 15.9 Å². The molecule has 0 unspecified atom stereocenters. The molecule has 0 bridgehead atoms. The van der Waals surface area contributed by atoms with E-state index in [1.54, 1.807) is 35.5 Å². The van der Waals surface area contributed by atoms with Crippen molar-refractivity contribution >= 4 is 22.0 Å². The molecular formula is C26H29N3O4S. The fraction of sp³-hybridized carbons (Fsp3) is 0.231. The number of sulfonamides is 1. The number of benzene rings is 2. The van der Waals surface area contributed by atoms with E-state index in [-0.39, 0.29) is 16.6 Å². The molecule has 0 saturated heterocycles. The minimum atomic E-state index is -3.72. The monoisotopic (exact) mass is 479 g/mol. The van der Waals surface area contributed by atoms with Crippen molar-refractivity contribution < 1.29 is 17.9 Å². The van der Waals surface area contributed by atoms with E-state index in [0.717, 1.165) is 17.5 Å². The Morgan fingerprint density at radius 3 is 2.38 bits per heavy atom. The SMILES string of the molecule is CCc1ccc(CN(Cc2cccnc2)C(=O)/C=C/c2ccc(OC)c(S(=O)(=O)NC)c2)cc1. The van der Waals surface area contributed by atoms with Gasteiger partial charge in [-0.05, 0) is 60.0 Å². The topological polar surface area (TPSA) is 88.6 Å². The molecule has 0 fully saturated rings. The highest BCUT2D eigenvalue weighted by Crippen LogP contribution is 2.25. The van der Waals surface area contributed by atoms with Crippen LogP contribution in [0.15, 0.2) is 78.0 Å². The minimum absolute atomic E-state index is 0.00956. The van der Waals surface area contributed by atoms with Crippen LogP contribution in [0.25, 0.3) is 6.08 Å². The lowest BCUT2D eigenvalue weighted by molar-refractivity contribution is -0.127. The first-order valence-corrected chi connectivity index (χ1v) is 12.4. The zero-order chi connectivity index (χ0) is 24.6. The van der Waals surface area contributed by atoms with Crippen LogP contribution >= 0.6 is 0 Å². The van der Waals surface area contributed by atoms with E-state index < -0.39 is 10.0 Å². The van der Waals surface area contributed by atoms with Gasteiger partial charge < -0.3 is 9.64 Å². The van der Waals surface area contributed by atoms with Crippen molar-refractivity contribution in [3.8, 4) is 5.75 Å². The van der Waals surface area contributed by atoms with Gasteiger partial charge in [0.25, 0.3) is 0 Å². The zero-order valence-corrected chi connectivity index (χ0v) is 20.4. The van der Waals surface area contributed by atoms with Gasteiger partial charge in [0.05, 0.1) is 7.11 Å². The summed E-state index contributed by atoms with van der Waals surface area (Å²) in [6.45, 7) is 2.93. The molecule has 1 heterocycles.